The lowest BCUT2D eigenvalue weighted by Crippen LogP contribution is -2.94. The molecule has 28 heavy (non-hydrogen) atoms. The smallest absolute Gasteiger partial charge is 0.264 e. The molecular formula is C6H6N10O12. The summed E-state index contributed by atoms with van der Waals surface area (Å²) in [7, 11) is 0. The van der Waals surface area contributed by atoms with Crippen LogP contribution in [0.15, 0.2) is 0 Å². The predicted molar refractivity (Wildman–Crippen MR) is 72.1 cm³/mol. The fourth-order valence-corrected chi connectivity index (χ4v) is 3.88. The van der Waals surface area contributed by atoms with Crippen LogP contribution in [-0.2, 0) is 0 Å². The molecule has 22 nitrogen and oxygen atoms in total. The molecule has 0 saturated carbocycles. The van der Waals surface area contributed by atoms with E-state index in [1.807, 2.05) is 0 Å². The minimum Gasteiger partial charge on any atom is -0.264 e. The van der Waals surface area contributed by atoms with Crippen molar-refractivity contribution in [3.05, 3.63) is 60.7 Å². The van der Waals surface area contributed by atoms with Crippen LogP contribution in [0, 0.1) is 60.7 Å². The molecule has 4 fully saturated rings. The third-order valence-electron chi connectivity index (χ3n) is 4.63. The quantitative estimate of drug-likeness (QED) is 0.304. The van der Waals surface area contributed by atoms with Gasteiger partial charge in [0.1, 0.15) is 0 Å². The SMILES string of the molecule is O=[N+]([O-])C1C2N([N+](=O)[O-])C3C([N+](=O)[O-])C(N2[N+](=O)[O-])N([N+](=O)[O-])C1N3[N+](=O)[O-]. The monoisotopic (exact) mass is 410 g/mol. The van der Waals surface area contributed by atoms with Gasteiger partial charge in [-0.3, -0.25) is 20.2 Å². The van der Waals surface area contributed by atoms with Crippen molar-refractivity contribution in [2.24, 2.45) is 0 Å². The summed E-state index contributed by atoms with van der Waals surface area (Å²) in [6.07, 6.45) is -9.82. The Morgan fingerprint density at radius 3 is 0.714 bits per heavy atom. The Morgan fingerprint density at radius 1 is 0.429 bits per heavy atom. The first-order valence-electron chi connectivity index (χ1n) is 6.91. The summed E-state index contributed by atoms with van der Waals surface area (Å²) in [6, 6.07) is -5.24. The third kappa shape index (κ3) is 2.01. The molecule has 152 valence electrons. The average Bonchev–Trinajstić information content (AvgIpc) is 2.52. The summed E-state index contributed by atoms with van der Waals surface area (Å²) in [6.45, 7) is 0. The van der Waals surface area contributed by atoms with E-state index in [9.17, 15) is 60.7 Å². The predicted octanol–water partition coefficient (Wildman–Crippen LogP) is -3.40. The molecule has 0 aromatic rings. The largest absolute Gasteiger partial charge is 0.311 e. The lowest BCUT2D eigenvalue weighted by atomic mass is 9.90. The van der Waals surface area contributed by atoms with Crippen LogP contribution in [0.2, 0.25) is 0 Å². The van der Waals surface area contributed by atoms with Crippen molar-refractivity contribution in [3.63, 3.8) is 0 Å². The number of hydrogen-bond donors (Lipinski definition) is 0. The van der Waals surface area contributed by atoms with E-state index in [-0.39, 0.29) is 20.0 Å². The zero-order valence-corrected chi connectivity index (χ0v) is 12.8. The fourth-order valence-electron chi connectivity index (χ4n) is 3.88. The third-order valence-corrected chi connectivity index (χ3v) is 4.63. The highest BCUT2D eigenvalue weighted by Crippen LogP contribution is 2.46. The van der Waals surface area contributed by atoms with E-state index in [1.54, 1.807) is 0 Å². The lowest BCUT2D eigenvalue weighted by molar-refractivity contribution is -0.879. The second-order valence-corrected chi connectivity index (χ2v) is 5.68. The molecule has 0 aliphatic carbocycles. The van der Waals surface area contributed by atoms with Crippen molar-refractivity contribution in [2.75, 3.05) is 0 Å². The second-order valence-electron chi connectivity index (χ2n) is 5.68. The fraction of sp³-hybridized carbons (Fsp3) is 1.00. The Hall–Kier alpha value is -4.40. The van der Waals surface area contributed by atoms with E-state index in [0.29, 0.717) is 0 Å². The molecule has 22 heteroatoms. The molecule has 0 spiro atoms. The summed E-state index contributed by atoms with van der Waals surface area (Å²) in [5, 5.41) is 61.2. The van der Waals surface area contributed by atoms with Crippen LogP contribution in [-0.4, -0.2) is 86.8 Å². The van der Waals surface area contributed by atoms with Gasteiger partial charge in [-0.25, -0.2) is 40.5 Å². The normalized spacial score (nSPS) is 33.0. The number of nitro groups is 6. The summed E-state index contributed by atoms with van der Waals surface area (Å²) >= 11 is 0. The van der Waals surface area contributed by atoms with Gasteiger partial charge in [0.2, 0.25) is 0 Å². The minimum atomic E-state index is -2.62. The molecule has 0 amide bonds. The zero-order chi connectivity index (χ0) is 21.2. The van der Waals surface area contributed by atoms with Gasteiger partial charge >= 0.3 is 12.1 Å². The van der Waals surface area contributed by atoms with Crippen molar-refractivity contribution >= 4 is 0 Å². The van der Waals surface area contributed by atoms with Gasteiger partial charge < -0.3 is 0 Å². The molecule has 4 aliphatic heterocycles. The number of rotatable bonds is 6. The van der Waals surface area contributed by atoms with Crippen molar-refractivity contribution in [1.29, 1.82) is 0 Å². The molecule has 4 bridgehead atoms. The van der Waals surface area contributed by atoms with Gasteiger partial charge in [-0.2, -0.15) is 0 Å². The van der Waals surface area contributed by atoms with E-state index in [4.69, 9.17) is 0 Å². The Bertz CT molecular complexity index is 622. The molecular weight excluding hydrogens is 404 g/mol. The number of nitrogens with zero attached hydrogens (tertiary/aromatic N) is 10. The van der Waals surface area contributed by atoms with Crippen LogP contribution < -0.4 is 0 Å². The maximum absolute atomic E-state index is 11.5. The van der Waals surface area contributed by atoms with E-state index in [2.05, 4.69) is 0 Å². The van der Waals surface area contributed by atoms with Gasteiger partial charge in [-0.1, -0.05) is 20.0 Å². The standard InChI is InChI=1S/C6H6N10O12/c17-11(18)1-3-7(13(21)22)5-2(12(19)20)6(8(3)14(23)24)10(16(27)28)4(1)9(5)15(25)26/h1-6H. The highest BCUT2D eigenvalue weighted by Gasteiger charge is 2.87. The molecule has 0 aromatic heterocycles. The Kier molecular flexibility index (Phi) is 3.64. The first-order valence-corrected chi connectivity index (χ1v) is 6.91. The number of hydrazine groups is 4. The second kappa shape index (κ2) is 5.55. The van der Waals surface area contributed by atoms with Gasteiger partial charge in [0, 0.05) is 9.85 Å². The van der Waals surface area contributed by atoms with E-state index < -0.39 is 66.7 Å². The van der Waals surface area contributed by atoms with Gasteiger partial charge in [0.25, 0.3) is 24.7 Å². The van der Waals surface area contributed by atoms with Crippen molar-refractivity contribution < 1.29 is 30.0 Å². The minimum absolute atomic E-state index is 0.350. The molecule has 0 aromatic carbocycles. The van der Waals surface area contributed by atoms with Crippen LogP contribution in [0.25, 0.3) is 0 Å². The molecule has 4 heterocycles. The topological polar surface area (TPSA) is 272 Å². The van der Waals surface area contributed by atoms with Crippen LogP contribution in [0.5, 0.6) is 0 Å². The molecule has 0 radical (unpaired) electrons. The van der Waals surface area contributed by atoms with Gasteiger partial charge in [-0.05, 0) is 0 Å². The van der Waals surface area contributed by atoms with E-state index in [1.165, 1.54) is 0 Å². The van der Waals surface area contributed by atoms with Crippen molar-refractivity contribution in [2.45, 2.75) is 36.7 Å². The molecule has 0 atom stereocenters. The maximum Gasteiger partial charge on any atom is 0.311 e. The zero-order valence-electron chi connectivity index (χ0n) is 12.8. The summed E-state index contributed by atoms with van der Waals surface area (Å²) in [5.74, 6) is 0. The molecule has 0 N–H and O–H groups in total. The summed E-state index contributed by atoms with van der Waals surface area (Å²) < 4.78 is 0. The van der Waals surface area contributed by atoms with Gasteiger partial charge in [0.15, 0.2) is 20.1 Å². The summed E-state index contributed by atoms with van der Waals surface area (Å²) in [4.78, 5) is 65.8. The Balaban J connectivity index is 2.37. The first kappa shape index (κ1) is 18.4. The van der Waals surface area contributed by atoms with Gasteiger partial charge in [0.05, 0.1) is 0 Å². The Morgan fingerprint density at radius 2 is 0.607 bits per heavy atom. The Labute approximate surface area is 148 Å². The van der Waals surface area contributed by atoms with Crippen LogP contribution in [0.4, 0.5) is 0 Å². The van der Waals surface area contributed by atoms with E-state index in [0.717, 1.165) is 0 Å². The van der Waals surface area contributed by atoms with Crippen molar-refractivity contribution in [3.8, 4) is 0 Å². The number of hydrogen-bond acceptors (Lipinski definition) is 12. The average molecular weight is 410 g/mol. The molecule has 4 saturated heterocycles. The lowest BCUT2D eigenvalue weighted by Gasteiger charge is -2.55. The molecule has 4 aliphatic rings. The maximum atomic E-state index is 11.5. The molecule has 4 rings (SSSR count). The van der Waals surface area contributed by atoms with Crippen LogP contribution in [0.3, 0.4) is 0 Å². The van der Waals surface area contributed by atoms with Gasteiger partial charge in [-0.15, -0.1) is 0 Å². The first-order chi connectivity index (χ1) is 12.9. The highest BCUT2D eigenvalue weighted by atomic mass is 16.7. The van der Waals surface area contributed by atoms with Crippen LogP contribution >= 0.6 is 0 Å². The molecule has 0 unspecified atom stereocenters. The van der Waals surface area contributed by atoms with Crippen molar-refractivity contribution in [1.82, 2.24) is 20.0 Å². The van der Waals surface area contributed by atoms with Crippen LogP contribution in [0.1, 0.15) is 0 Å². The summed E-state index contributed by atoms with van der Waals surface area (Å²) in [5.41, 5.74) is 0. The van der Waals surface area contributed by atoms with E-state index >= 15 is 0 Å². The highest BCUT2D eigenvalue weighted by molar-refractivity contribution is 5.06.